The fourth-order valence-corrected chi connectivity index (χ4v) is 2.99. The fraction of sp³-hybridized carbons (Fsp3) is 0.562. The summed E-state index contributed by atoms with van der Waals surface area (Å²) < 4.78 is 5.28. The van der Waals surface area contributed by atoms with Crippen LogP contribution in [0, 0.1) is 12.8 Å². The molecule has 1 N–H and O–H groups in total. The van der Waals surface area contributed by atoms with Gasteiger partial charge in [0.2, 0.25) is 5.91 Å². The number of anilines is 1. The van der Waals surface area contributed by atoms with Crippen molar-refractivity contribution in [2.75, 3.05) is 32.6 Å². The van der Waals surface area contributed by atoms with Crippen LogP contribution >= 0.6 is 11.6 Å². The second-order valence-corrected chi connectivity index (χ2v) is 6.23. The van der Waals surface area contributed by atoms with Crippen molar-refractivity contribution in [1.82, 2.24) is 4.90 Å². The number of likely N-dealkylation sites (tertiary alicyclic amines) is 1. The summed E-state index contributed by atoms with van der Waals surface area (Å²) in [7, 11) is 3.68. The molecule has 1 fully saturated rings. The standard InChI is InChI=1S/C16H23ClN2O2/c1-11-7-14(15(21-3)9-13(11)17)18-16(20)8-12-5-4-6-19(2)10-12/h7,9,12H,4-6,8,10H2,1-3H3,(H,18,20). The van der Waals surface area contributed by atoms with Crippen LogP contribution in [0.15, 0.2) is 12.1 Å². The lowest BCUT2D eigenvalue weighted by molar-refractivity contribution is -0.117. The molecule has 1 aromatic rings. The highest BCUT2D eigenvalue weighted by atomic mass is 35.5. The Balaban J connectivity index is 2.00. The summed E-state index contributed by atoms with van der Waals surface area (Å²) in [6.45, 7) is 4.03. The summed E-state index contributed by atoms with van der Waals surface area (Å²) in [4.78, 5) is 14.5. The number of nitrogens with one attached hydrogen (secondary N) is 1. The lowest BCUT2D eigenvalue weighted by atomic mass is 9.95. The summed E-state index contributed by atoms with van der Waals surface area (Å²) >= 11 is 6.07. The van der Waals surface area contributed by atoms with Crippen LogP contribution in [-0.4, -0.2) is 38.1 Å². The van der Waals surface area contributed by atoms with E-state index in [4.69, 9.17) is 16.3 Å². The maximum Gasteiger partial charge on any atom is 0.224 e. The summed E-state index contributed by atoms with van der Waals surface area (Å²) in [6.07, 6.45) is 2.83. The van der Waals surface area contributed by atoms with Gasteiger partial charge in [0, 0.05) is 24.1 Å². The largest absolute Gasteiger partial charge is 0.495 e. The molecular formula is C16H23ClN2O2. The second kappa shape index (κ2) is 7.14. The summed E-state index contributed by atoms with van der Waals surface area (Å²) in [6, 6.07) is 3.59. The van der Waals surface area contributed by atoms with E-state index in [1.807, 2.05) is 13.0 Å². The molecule has 116 valence electrons. The van der Waals surface area contributed by atoms with Crippen molar-refractivity contribution in [2.24, 2.45) is 5.92 Å². The molecule has 0 aromatic heterocycles. The van der Waals surface area contributed by atoms with Gasteiger partial charge in [-0.25, -0.2) is 0 Å². The van der Waals surface area contributed by atoms with E-state index in [2.05, 4.69) is 17.3 Å². The summed E-state index contributed by atoms with van der Waals surface area (Å²) in [5.74, 6) is 1.07. The number of hydrogen-bond donors (Lipinski definition) is 1. The molecule has 0 aliphatic carbocycles. The Hall–Kier alpha value is -1.26. The topological polar surface area (TPSA) is 41.6 Å². The lowest BCUT2D eigenvalue weighted by Crippen LogP contribution is -2.34. The Morgan fingerprint density at radius 3 is 2.95 bits per heavy atom. The van der Waals surface area contributed by atoms with Crippen LogP contribution in [0.5, 0.6) is 5.75 Å². The van der Waals surface area contributed by atoms with Crippen molar-refractivity contribution in [1.29, 1.82) is 0 Å². The van der Waals surface area contributed by atoms with Crippen LogP contribution in [0.3, 0.4) is 0 Å². The van der Waals surface area contributed by atoms with E-state index in [0.717, 1.165) is 31.5 Å². The van der Waals surface area contributed by atoms with E-state index in [-0.39, 0.29) is 5.91 Å². The highest BCUT2D eigenvalue weighted by Gasteiger charge is 2.20. The zero-order chi connectivity index (χ0) is 15.4. The fourth-order valence-electron chi connectivity index (χ4n) is 2.83. The number of halogens is 1. The first-order chi connectivity index (χ1) is 9.99. The number of piperidine rings is 1. The highest BCUT2D eigenvalue weighted by Crippen LogP contribution is 2.31. The van der Waals surface area contributed by atoms with Crippen molar-refractivity contribution in [3.63, 3.8) is 0 Å². The summed E-state index contributed by atoms with van der Waals surface area (Å²) in [5, 5.41) is 3.59. The summed E-state index contributed by atoms with van der Waals surface area (Å²) in [5.41, 5.74) is 1.61. The molecule has 5 heteroatoms. The average molecular weight is 311 g/mol. The van der Waals surface area contributed by atoms with Crippen LogP contribution < -0.4 is 10.1 Å². The third-order valence-corrected chi connectivity index (χ3v) is 4.36. The molecule has 1 atom stereocenters. The molecule has 0 spiro atoms. The molecule has 0 saturated carbocycles. The van der Waals surface area contributed by atoms with Gasteiger partial charge in [0.25, 0.3) is 0 Å². The third kappa shape index (κ3) is 4.35. The van der Waals surface area contributed by atoms with Gasteiger partial charge in [-0.15, -0.1) is 0 Å². The molecule has 1 saturated heterocycles. The SMILES string of the molecule is COc1cc(Cl)c(C)cc1NC(=O)CC1CCCN(C)C1. The van der Waals surface area contributed by atoms with E-state index in [1.165, 1.54) is 0 Å². The average Bonchev–Trinajstić information content (AvgIpc) is 2.42. The zero-order valence-electron chi connectivity index (χ0n) is 12.9. The Kier molecular flexibility index (Phi) is 5.48. The molecular weight excluding hydrogens is 288 g/mol. The lowest BCUT2D eigenvalue weighted by Gasteiger charge is -2.29. The van der Waals surface area contributed by atoms with E-state index < -0.39 is 0 Å². The number of methoxy groups -OCH3 is 1. The first-order valence-corrected chi connectivity index (χ1v) is 7.70. The molecule has 1 aliphatic rings. The van der Waals surface area contributed by atoms with Crippen molar-refractivity contribution in [3.8, 4) is 5.75 Å². The van der Waals surface area contributed by atoms with E-state index >= 15 is 0 Å². The van der Waals surface area contributed by atoms with Crippen molar-refractivity contribution < 1.29 is 9.53 Å². The second-order valence-electron chi connectivity index (χ2n) is 5.82. The molecule has 4 nitrogen and oxygen atoms in total. The minimum absolute atomic E-state index is 0.0373. The normalized spacial score (nSPS) is 19.3. The van der Waals surface area contributed by atoms with Crippen LogP contribution in [-0.2, 0) is 4.79 Å². The van der Waals surface area contributed by atoms with Gasteiger partial charge in [-0.1, -0.05) is 11.6 Å². The zero-order valence-corrected chi connectivity index (χ0v) is 13.7. The van der Waals surface area contributed by atoms with Gasteiger partial charge >= 0.3 is 0 Å². The van der Waals surface area contributed by atoms with Gasteiger partial charge in [-0.3, -0.25) is 4.79 Å². The molecule has 1 aromatic carbocycles. The Morgan fingerprint density at radius 2 is 2.29 bits per heavy atom. The number of amides is 1. The van der Waals surface area contributed by atoms with Gasteiger partial charge in [-0.2, -0.15) is 0 Å². The molecule has 1 unspecified atom stereocenters. The van der Waals surface area contributed by atoms with E-state index in [0.29, 0.717) is 28.8 Å². The van der Waals surface area contributed by atoms with Gasteiger partial charge in [0.15, 0.2) is 0 Å². The van der Waals surface area contributed by atoms with Crippen LogP contribution in [0.4, 0.5) is 5.69 Å². The van der Waals surface area contributed by atoms with Crippen molar-refractivity contribution in [3.05, 3.63) is 22.7 Å². The molecule has 1 aliphatic heterocycles. The predicted octanol–water partition coefficient (Wildman–Crippen LogP) is 3.33. The quantitative estimate of drug-likeness (QED) is 0.927. The Morgan fingerprint density at radius 1 is 1.52 bits per heavy atom. The number of aryl methyl sites for hydroxylation is 1. The van der Waals surface area contributed by atoms with Crippen LogP contribution in [0.2, 0.25) is 5.02 Å². The Labute approximate surface area is 131 Å². The number of benzene rings is 1. The third-order valence-electron chi connectivity index (χ3n) is 3.95. The number of ether oxygens (including phenoxy) is 1. The predicted molar refractivity (Wildman–Crippen MR) is 86.2 cm³/mol. The highest BCUT2D eigenvalue weighted by molar-refractivity contribution is 6.31. The van der Waals surface area contributed by atoms with Crippen molar-refractivity contribution >= 4 is 23.2 Å². The van der Waals surface area contributed by atoms with E-state index in [9.17, 15) is 4.79 Å². The first kappa shape index (κ1) is 16.1. The monoisotopic (exact) mass is 310 g/mol. The molecule has 0 bridgehead atoms. The maximum absolute atomic E-state index is 12.2. The van der Waals surface area contributed by atoms with Gasteiger partial charge < -0.3 is 15.0 Å². The van der Waals surface area contributed by atoms with Gasteiger partial charge in [0.1, 0.15) is 5.75 Å². The van der Waals surface area contributed by atoms with Gasteiger partial charge in [-0.05, 0) is 50.9 Å². The first-order valence-electron chi connectivity index (χ1n) is 7.32. The van der Waals surface area contributed by atoms with Crippen molar-refractivity contribution in [2.45, 2.75) is 26.2 Å². The number of carbonyl (C=O) groups excluding carboxylic acids is 1. The molecule has 21 heavy (non-hydrogen) atoms. The van der Waals surface area contributed by atoms with Gasteiger partial charge in [0.05, 0.1) is 12.8 Å². The smallest absolute Gasteiger partial charge is 0.224 e. The minimum Gasteiger partial charge on any atom is -0.495 e. The number of nitrogens with zero attached hydrogens (tertiary/aromatic N) is 1. The molecule has 1 amide bonds. The van der Waals surface area contributed by atoms with E-state index in [1.54, 1.807) is 13.2 Å². The molecule has 1 heterocycles. The Bertz CT molecular complexity index is 519. The minimum atomic E-state index is 0.0373. The van der Waals surface area contributed by atoms with Crippen LogP contribution in [0.1, 0.15) is 24.8 Å². The number of carbonyl (C=O) groups is 1. The molecule has 0 radical (unpaired) electrons. The van der Waals surface area contributed by atoms with Crippen LogP contribution in [0.25, 0.3) is 0 Å². The number of hydrogen-bond acceptors (Lipinski definition) is 3. The molecule has 2 rings (SSSR count). The number of rotatable bonds is 4. The maximum atomic E-state index is 12.2.